The number of carbonyl (C=O) groups excluding carboxylic acids is 1. The van der Waals surface area contributed by atoms with Gasteiger partial charge in [0.15, 0.2) is 0 Å². The molecule has 1 aliphatic heterocycles. The number of carbonyl (C=O) groups is 1. The standard InChI is InChI=1S/C12H14FNO2/c1-12(2)7-16-11(15)14-10(12)8-3-5-9(13)6-4-8/h3-6,10H,7H2,1-2H3,(H,14,15)/t10-/m0/s1. The molecule has 1 atom stereocenters. The van der Waals surface area contributed by atoms with Gasteiger partial charge in [0.05, 0.1) is 6.04 Å². The van der Waals surface area contributed by atoms with Crippen LogP contribution in [0.1, 0.15) is 25.5 Å². The van der Waals surface area contributed by atoms with Crippen molar-refractivity contribution in [1.82, 2.24) is 5.32 Å². The number of hydrogen-bond donors (Lipinski definition) is 1. The minimum absolute atomic E-state index is 0.144. The Labute approximate surface area is 93.6 Å². The molecule has 0 bridgehead atoms. The van der Waals surface area contributed by atoms with Crippen molar-refractivity contribution in [2.75, 3.05) is 6.61 Å². The smallest absolute Gasteiger partial charge is 0.407 e. The number of nitrogens with one attached hydrogen (secondary N) is 1. The van der Waals surface area contributed by atoms with Crippen LogP contribution in [0.25, 0.3) is 0 Å². The maximum absolute atomic E-state index is 12.8. The molecular weight excluding hydrogens is 209 g/mol. The van der Waals surface area contributed by atoms with Gasteiger partial charge in [-0.3, -0.25) is 0 Å². The summed E-state index contributed by atoms with van der Waals surface area (Å²) in [5, 5.41) is 2.76. The lowest BCUT2D eigenvalue weighted by molar-refractivity contribution is 0.0387. The highest BCUT2D eigenvalue weighted by Gasteiger charge is 2.37. The minimum Gasteiger partial charge on any atom is -0.449 e. The molecule has 1 aromatic carbocycles. The fourth-order valence-corrected chi connectivity index (χ4v) is 1.88. The van der Waals surface area contributed by atoms with Crippen molar-refractivity contribution in [3.05, 3.63) is 35.6 Å². The van der Waals surface area contributed by atoms with Crippen LogP contribution in [0.2, 0.25) is 0 Å². The molecule has 0 radical (unpaired) electrons. The fourth-order valence-electron chi connectivity index (χ4n) is 1.88. The van der Waals surface area contributed by atoms with Crippen molar-refractivity contribution in [2.24, 2.45) is 5.41 Å². The van der Waals surface area contributed by atoms with Crippen LogP contribution in [-0.4, -0.2) is 12.7 Å². The summed E-state index contributed by atoms with van der Waals surface area (Å²) in [4.78, 5) is 11.2. The summed E-state index contributed by atoms with van der Waals surface area (Å²) in [6.07, 6.45) is -0.423. The third kappa shape index (κ3) is 2.01. The Morgan fingerprint density at radius 1 is 1.38 bits per heavy atom. The lowest BCUT2D eigenvalue weighted by atomic mass is 9.80. The summed E-state index contributed by atoms with van der Waals surface area (Å²) in [5.41, 5.74) is 0.689. The first-order chi connectivity index (χ1) is 7.49. The summed E-state index contributed by atoms with van der Waals surface area (Å²) >= 11 is 0. The van der Waals surface area contributed by atoms with Crippen LogP contribution < -0.4 is 5.32 Å². The molecule has 0 saturated carbocycles. The SMILES string of the molecule is CC1(C)COC(=O)N[C@H]1c1ccc(F)cc1. The Morgan fingerprint density at radius 2 is 2.00 bits per heavy atom. The monoisotopic (exact) mass is 223 g/mol. The molecule has 16 heavy (non-hydrogen) atoms. The Hall–Kier alpha value is -1.58. The van der Waals surface area contributed by atoms with E-state index < -0.39 is 6.09 Å². The van der Waals surface area contributed by atoms with Crippen LogP contribution in [0, 0.1) is 11.2 Å². The van der Waals surface area contributed by atoms with Crippen molar-refractivity contribution in [2.45, 2.75) is 19.9 Å². The molecule has 1 heterocycles. The van der Waals surface area contributed by atoms with Gasteiger partial charge in [-0.2, -0.15) is 0 Å². The molecule has 1 N–H and O–H groups in total. The first-order valence-corrected chi connectivity index (χ1v) is 5.18. The van der Waals surface area contributed by atoms with Crippen LogP contribution in [0.15, 0.2) is 24.3 Å². The van der Waals surface area contributed by atoms with Gasteiger partial charge in [-0.25, -0.2) is 9.18 Å². The van der Waals surface area contributed by atoms with Gasteiger partial charge < -0.3 is 10.1 Å². The quantitative estimate of drug-likeness (QED) is 0.794. The molecule has 1 aromatic rings. The zero-order chi connectivity index (χ0) is 11.8. The zero-order valence-electron chi connectivity index (χ0n) is 9.29. The largest absolute Gasteiger partial charge is 0.449 e. The van der Waals surface area contributed by atoms with Gasteiger partial charge in [0.1, 0.15) is 12.4 Å². The van der Waals surface area contributed by atoms with Crippen LogP contribution in [0.4, 0.5) is 9.18 Å². The summed E-state index contributed by atoms with van der Waals surface area (Å²) in [6, 6.07) is 6.02. The van der Waals surface area contributed by atoms with Gasteiger partial charge in [-0.05, 0) is 17.7 Å². The molecule has 1 aliphatic rings. The Morgan fingerprint density at radius 3 is 2.62 bits per heavy atom. The molecule has 2 rings (SSSR count). The summed E-state index contributed by atoms with van der Waals surface area (Å²) in [7, 11) is 0. The fraction of sp³-hybridized carbons (Fsp3) is 0.417. The van der Waals surface area contributed by atoms with Crippen molar-refractivity contribution in [3.8, 4) is 0 Å². The number of alkyl carbamates (subject to hydrolysis) is 1. The van der Waals surface area contributed by atoms with E-state index in [0.717, 1.165) is 5.56 Å². The lowest BCUT2D eigenvalue weighted by Gasteiger charge is -2.38. The molecule has 1 fully saturated rings. The molecule has 0 aromatic heterocycles. The second-order valence-corrected chi connectivity index (χ2v) is 4.69. The maximum Gasteiger partial charge on any atom is 0.407 e. The third-order valence-electron chi connectivity index (χ3n) is 2.82. The highest BCUT2D eigenvalue weighted by molar-refractivity contribution is 5.69. The van der Waals surface area contributed by atoms with Crippen molar-refractivity contribution in [3.63, 3.8) is 0 Å². The van der Waals surface area contributed by atoms with Crippen LogP contribution in [0.3, 0.4) is 0 Å². The lowest BCUT2D eigenvalue weighted by Crippen LogP contribution is -2.46. The van der Waals surface area contributed by atoms with E-state index in [9.17, 15) is 9.18 Å². The Balaban J connectivity index is 2.30. The topological polar surface area (TPSA) is 38.3 Å². The van der Waals surface area contributed by atoms with Crippen molar-refractivity contribution in [1.29, 1.82) is 0 Å². The number of amides is 1. The normalized spacial score (nSPS) is 23.4. The van der Waals surface area contributed by atoms with E-state index in [4.69, 9.17) is 4.74 Å². The van der Waals surface area contributed by atoms with E-state index in [1.165, 1.54) is 12.1 Å². The molecule has 1 amide bonds. The average Bonchev–Trinajstić information content (AvgIpc) is 2.23. The Bertz CT molecular complexity index is 400. The molecule has 4 heteroatoms. The van der Waals surface area contributed by atoms with E-state index in [2.05, 4.69) is 5.32 Å². The Kier molecular flexibility index (Phi) is 2.58. The van der Waals surface area contributed by atoms with Gasteiger partial charge >= 0.3 is 6.09 Å². The average molecular weight is 223 g/mol. The summed E-state index contributed by atoms with van der Waals surface area (Å²) < 4.78 is 17.8. The molecule has 3 nitrogen and oxygen atoms in total. The molecular formula is C12H14FNO2. The van der Waals surface area contributed by atoms with Crippen LogP contribution in [-0.2, 0) is 4.74 Å². The second kappa shape index (κ2) is 3.77. The van der Waals surface area contributed by atoms with Gasteiger partial charge in [0.25, 0.3) is 0 Å². The summed E-state index contributed by atoms with van der Waals surface area (Å²) in [5.74, 6) is -0.278. The van der Waals surface area contributed by atoms with Crippen LogP contribution in [0.5, 0.6) is 0 Å². The van der Waals surface area contributed by atoms with E-state index in [0.29, 0.717) is 6.61 Å². The predicted molar refractivity (Wildman–Crippen MR) is 57.4 cm³/mol. The minimum atomic E-state index is -0.423. The van der Waals surface area contributed by atoms with E-state index in [1.807, 2.05) is 13.8 Å². The highest BCUT2D eigenvalue weighted by Crippen LogP contribution is 2.36. The number of rotatable bonds is 1. The number of cyclic esters (lactones) is 1. The second-order valence-electron chi connectivity index (χ2n) is 4.69. The first kappa shape index (κ1) is 10.9. The number of benzene rings is 1. The van der Waals surface area contributed by atoms with E-state index in [-0.39, 0.29) is 17.3 Å². The van der Waals surface area contributed by atoms with E-state index >= 15 is 0 Å². The van der Waals surface area contributed by atoms with Crippen molar-refractivity contribution < 1.29 is 13.9 Å². The van der Waals surface area contributed by atoms with Crippen molar-refractivity contribution >= 4 is 6.09 Å². The van der Waals surface area contributed by atoms with Gasteiger partial charge in [0.2, 0.25) is 0 Å². The van der Waals surface area contributed by atoms with Gasteiger partial charge in [-0.15, -0.1) is 0 Å². The third-order valence-corrected chi connectivity index (χ3v) is 2.82. The van der Waals surface area contributed by atoms with Gasteiger partial charge in [0, 0.05) is 5.41 Å². The van der Waals surface area contributed by atoms with Crippen LogP contribution >= 0.6 is 0 Å². The zero-order valence-corrected chi connectivity index (χ0v) is 9.29. The first-order valence-electron chi connectivity index (χ1n) is 5.18. The summed E-state index contributed by atoms with van der Waals surface area (Å²) in [6.45, 7) is 4.36. The predicted octanol–water partition coefficient (Wildman–Crippen LogP) is 2.63. The molecule has 0 aliphatic carbocycles. The number of hydrogen-bond acceptors (Lipinski definition) is 2. The highest BCUT2D eigenvalue weighted by atomic mass is 19.1. The van der Waals surface area contributed by atoms with E-state index in [1.54, 1.807) is 12.1 Å². The maximum atomic E-state index is 12.8. The van der Waals surface area contributed by atoms with Gasteiger partial charge in [-0.1, -0.05) is 26.0 Å². The molecule has 0 unspecified atom stereocenters. The molecule has 0 spiro atoms. The molecule has 86 valence electrons. The molecule has 1 saturated heterocycles. The number of ether oxygens (including phenoxy) is 1. The number of halogens is 1.